The molecule has 2 rings (SSSR count). The summed E-state index contributed by atoms with van der Waals surface area (Å²) in [7, 11) is -3.61. The fourth-order valence-corrected chi connectivity index (χ4v) is 4.71. The van der Waals surface area contributed by atoms with Crippen LogP contribution in [-0.4, -0.2) is 27.1 Å². The Balaban J connectivity index is 2.28. The van der Waals surface area contributed by atoms with Crippen LogP contribution in [0.25, 0.3) is 0 Å². The van der Waals surface area contributed by atoms with Crippen molar-refractivity contribution < 1.29 is 13.2 Å². The van der Waals surface area contributed by atoms with Gasteiger partial charge in [-0.2, -0.15) is 0 Å². The topological polar surface area (TPSA) is 66.5 Å². The SMILES string of the molecule is Cc1ccc(C(C)NC(=O)CN(c2c(C)cc(C)cc2C)S(C)(=O)=O)c(C)c1. The van der Waals surface area contributed by atoms with Crippen LogP contribution in [0.1, 0.15) is 46.3 Å². The molecule has 0 aromatic heterocycles. The van der Waals surface area contributed by atoms with E-state index in [4.69, 9.17) is 0 Å². The lowest BCUT2D eigenvalue weighted by atomic mass is 10.0. The molecule has 0 radical (unpaired) electrons. The van der Waals surface area contributed by atoms with Crippen molar-refractivity contribution in [2.24, 2.45) is 0 Å². The molecule has 0 spiro atoms. The molecule has 0 aliphatic heterocycles. The van der Waals surface area contributed by atoms with Gasteiger partial charge in [0.05, 0.1) is 18.0 Å². The molecule has 2 aromatic carbocycles. The second-order valence-corrected chi connectivity index (χ2v) is 9.57. The van der Waals surface area contributed by atoms with Crippen LogP contribution in [0, 0.1) is 34.6 Å². The van der Waals surface area contributed by atoms with Gasteiger partial charge in [-0.05, 0) is 63.8 Å². The zero-order chi connectivity index (χ0) is 21.2. The van der Waals surface area contributed by atoms with Crippen molar-refractivity contribution in [3.63, 3.8) is 0 Å². The van der Waals surface area contributed by atoms with Crippen molar-refractivity contribution in [3.8, 4) is 0 Å². The van der Waals surface area contributed by atoms with Crippen LogP contribution < -0.4 is 9.62 Å². The number of carbonyl (C=O) groups is 1. The zero-order valence-electron chi connectivity index (χ0n) is 17.8. The molecule has 6 heteroatoms. The molecule has 0 fully saturated rings. The second kappa shape index (κ2) is 8.35. The first kappa shape index (κ1) is 22.0. The van der Waals surface area contributed by atoms with E-state index in [2.05, 4.69) is 11.4 Å². The minimum Gasteiger partial charge on any atom is -0.348 e. The molecule has 1 N–H and O–H groups in total. The Morgan fingerprint density at radius 3 is 2.00 bits per heavy atom. The molecule has 0 heterocycles. The van der Waals surface area contributed by atoms with Gasteiger partial charge in [0.2, 0.25) is 15.9 Å². The maximum Gasteiger partial charge on any atom is 0.241 e. The van der Waals surface area contributed by atoms with Crippen LogP contribution in [0.4, 0.5) is 5.69 Å². The molecule has 0 aliphatic rings. The maximum absolute atomic E-state index is 12.7. The molecule has 0 saturated carbocycles. The Kier molecular flexibility index (Phi) is 6.55. The highest BCUT2D eigenvalue weighted by molar-refractivity contribution is 7.92. The molecule has 1 unspecified atom stereocenters. The lowest BCUT2D eigenvalue weighted by Gasteiger charge is -2.27. The van der Waals surface area contributed by atoms with E-state index in [1.54, 1.807) is 0 Å². The lowest BCUT2D eigenvalue weighted by molar-refractivity contribution is -0.120. The molecule has 152 valence electrons. The highest BCUT2D eigenvalue weighted by atomic mass is 32.2. The summed E-state index contributed by atoms with van der Waals surface area (Å²) in [5.41, 5.74) is 6.57. The number of amides is 1. The molecule has 0 bridgehead atoms. The number of rotatable bonds is 6. The van der Waals surface area contributed by atoms with Gasteiger partial charge in [-0.1, -0.05) is 41.5 Å². The van der Waals surface area contributed by atoms with E-state index in [0.29, 0.717) is 5.69 Å². The van der Waals surface area contributed by atoms with Crippen molar-refractivity contribution in [2.75, 3.05) is 17.1 Å². The summed E-state index contributed by atoms with van der Waals surface area (Å²) in [5, 5.41) is 2.93. The summed E-state index contributed by atoms with van der Waals surface area (Å²) in [5.74, 6) is -0.336. The smallest absolute Gasteiger partial charge is 0.241 e. The van der Waals surface area contributed by atoms with Gasteiger partial charge < -0.3 is 5.32 Å². The number of sulfonamides is 1. The number of aryl methyl sites for hydroxylation is 5. The monoisotopic (exact) mass is 402 g/mol. The van der Waals surface area contributed by atoms with Gasteiger partial charge in [-0.25, -0.2) is 8.42 Å². The normalized spacial score (nSPS) is 12.5. The van der Waals surface area contributed by atoms with E-state index in [1.165, 1.54) is 4.31 Å². The summed E-state index contributed by atoms with van der Waals surface area (Å²) in [6.07, 6.45) is 1.13. The Bertz CT molecular complexity index is 974. The molecule has 0 aliphatic carbocycles. The van der Waals surface area contributed by atoms with Crippen molar-refractivity contribution in [1.82, 2.24) is 5.32 Å². The molecular weight excluding hydrogens is 372 g/mol. The van der Waals surface area contributed by atoms with Crippen molar-refractivity contribution in [2.45, 2.75) is 47.6 Å². The fraction of sp³-hybridized carbons (Fsp3) is 0.409. The summed E-state index contributed by atoms with van der Waals surface area (Å²) >= 11 is 0. The zero-order valence-corrected chi connectivity index (χ0v) is 18.6. The third-order valence-electron chi connectivity index (χ3n) is 4.84. The van der Waals surface area contributed by atoms with Gasteiger partial charge in [0, 0.05) is 0 Å². The number of nitrogens with zero attached hydrogens (tertiary/aromatic N) is 1. The highest BCUT2D eigenvalue weighted by Crippen LogP contribution is 2.28. The van der Waals surface area contributed by atoms with E-state index in [1.807, 2.05) is 65.8 Å². The van der Waals surface area contributed by atoms with Crippen LogP contribution in [0.15, 0.2) is 30.3 Å². The van der Waals surface area contributed by atoms with Crippen LogP contribution in [0.3, 0.4) is 0 Å². The fourth-order valence-electron chi connectivity index (χ4n) is 3.73. The first-order valence-corrected chi connectivity index (χ1v) is 11.2. The second-order valence-electron chi connectivity index (χ2n) is 7.67. The van der Waals surface area contributed by atoms with E-state index in [9.17, 15) is 13.2 Å². The molecule has 1 amide bonds. The standard InChI is InChI=1S/C22H30N2O3S/c1-14-8-9-20(16(3)10-14)19(6)23-21(25)13-24(28(7,26)27)22-17(4)11-15(2)12-18(22)5/h8-12,19H,13H2,1-7H3,(H,23,25). The summed E-state index contributed by atoms with van der Waals surface area (Å²) < 4.78 is 26.1. The molecule has 28 heavy (non-hydrogen) atoms. The largest absolute Gasteiger partial charge is 0.348 e. The lowest BCUT2D eigenvalue weighted by Crippen LogP contribution is -2.41. The average molecular weight is 403 g/mol. The third kappa shape index (κ3) is 5.13. The Hall–Kier alpha value is -2.34. The highest BCUT2D eigenvalue weighted by Gasteiger charge is 2.25. The van der Waals surface area contributed by atoms with Gasteiger partial charge in [0.15, 0.2) is 0 Å². The van der Waals surface area contributed by atoms with Gasteiger partial charge in [0.25, 0.3) is 0 Å². The van der Waals surface area contributed by atoms with Crippen LogP contribution in [0.5, 0.6) is 0 Å². The van der Waals surface area contributed by atoms with Crippen LogP contribution >= 0.6 is 0 Å². The quantitative estimate of drug-likeness (QED) is 0.798. The van der Waals surface area contributed by atoms with Gasteiger partial charge in [-0.15, -0.1) is 0 Å². The molecular formula is C22H30N2O3S. The van der Waals surface area contributed by atoms with Crippen molar-refractivity contribution in [1.29, 1.82) is 0 Å². The first-order valence-electron chi connectivity index (χ1n) is 9.32. The molecule has 5 nitrogen and oxygen atoms in total. The van der Waals surface area contributed by atoms with Gasteiger partial charge in [0.1, 0.15) is 6.54 Å². The predicted molar refractivity (Wildman–Crippen MR) is 115 cm³/mol. The number of anilines is 1. The first-order chi connectivity index (χ1) is 12.9. The maximum atomic E-state index is 12.7. The Morgan fingerprint density at radius 2 is 1.50 bits per heavy atom. The minimum atomic E-state index is -3.61. The Labute approximate surface area is 168 Å². The molecule has 1 atom stereocenters. The van der Waals surface area contributed by atoms with Crippen molar-refractivity contribution in [3.05, 3.63) is 63.7 Å². The number of hydrogen-bond acceptors (Lipinski definition) is 3. The number of hydrogen-bond donors (Lipinski definition) is 1. The average Bonchev–Trinajstić information content (AvgIpc) is 2.51. The van der Waals surface area contributed by atoms with Crippen LogP contribution in [0.2, 0.25) is 0 Å². The van der Waals surface area contributed by atoms with Gasteiger partial charge >= 0.3 is 0 Å². The summed E-state index contributed by atoms with van der Waals surface area (Å²) in [6.45, 7) is 11.4. The number of benzene rings is 2. The van der Waals surface area contributed by atoms with Crippen LogP contribution in [-0.2, 0) is 14.8 Å². The van der Waals surface area contributed by atoms with E-state index in [-0.39, 0.29) is 18.5 Å². The predicted octanol–water partition coefficient (Wildman–Crippen LogP) is 3.87. The van der Waals surface area contributed by atoms with Crippen molar-refractivity contribution >= 4 is 21.6 Å². The Morgan fingerprint density at radius 1 is 0.964 bits per heavy atom. The number of nitrogens with one attached hydrogen (secondary N) is 1. The number of carbonyl (C=O) groups excluding carboxylic acids is 1. The summed E-state index contributed by atoms with van der Waals surface area (Å²) in [4.78, 5) is 12.7. The van der Waals surface area contributed by atoms with E-state index >= 15 is 0 Å². The minimum absolute atomic E-state index is 0.213. The van der Waals surface area contributed by atoms with E-state index < -0.39 is 10.0 Å². The molecule has 0 saturated heterocycles. The van der Waals surface area contributed by atoms with E-state index in [0.717, 1.165) is 39.6 Å². The summed E-state index contributed by atoms with van der Waals surface area (Å²) in [6, 6.07) is 9.72. The third-order valence-corrected chi connectivity index (χ3v) is 5.95. The molecule has 2 aromatic rings. The van der Waals surface area contributed by atoms with Gasteiger partial charge in [-0.3, -0.25) is 9.10 Å².